The van der Waals surface area contributed by atoms with Crippen molar-refractivity contribution in [1.82, 2.24) is 15.1 Å². The zero-order valence-electron chi connectivity index (χ0n) is 9.87. The topological polar surface area (TPSA) is 51.8 Å². The van der Waals surface area contributed by atoms with Crippen LogP contribution in [0.5, 0.6) is 0 Å². The van der Waals surface area contributed by atoms with E-state index < -0.39 is 0 Å². The van der Waals surface area contributed by atoms with Gasteiger partial charge >= 0.3 is 0 Å². The summed E-state index contributed by atoms with van der Waals surface area (Å²) < 4.78 is 5.24. The van der Waals surface area contributed by atoms with Gasteiger partial charge in [0.1, 0.15) is 5.69 Å². The van der Waals surface area contributed by atoms with Crippen LogP contribution in [-0.4, -0.2) is 15.1 Å². The van der Waals surface area contributed by atoms with Gasteiger partial charge in [-0.2, -0.15) is 4.98 Å². The molecular weight excluding hydrogens is 226 g/mol. The van der Waals surface area contributed by atoms with Crippen LogP contribution >= 0.6 is 0 Å². The van der Waals surface area contributed by atoms with Gasteiger partial charge in [0.25, 0.3) is 5.89 Å². The van der Waals surface area contributed by atoms with E-state index in [9.17, 15) is 0 Å². The molecule has 0 atom stereocenters. The molecule has 0 unspecified atom stereocenters. The van der Waals surface area contributed by atoms with Crippen LogP contribution in [0.15, 0.2) is 53.1 Å². The summed E-state index contributed by atoms with van der Waals surface area (Å²) in [5, 5.41) is 3.96. The van der Waals surface area contributed by atoms with Crippen molar-refractivity contribution in [2.24, 2.45) is 0 Å². The molecule has 3 rings (SSSR count). The highest BCUT2D eigenvalue weighted by Gasteiger charge is 2.10. The average Bonchev–Trinajstić information content (AvgIpc) is 2.89. The minimum atomic E-state index is 0.508. The van der Waals surface area contributed by atoms with Crippen LogP contribution in [0.3, 0.4) is 0 Å². The van der Waals surface area contributed by atoms with Crippen molar-refractivity contribution in [1.29, 1.82) is 0 Å². The molecule has 18 heavy (non-hydrogen) atoms. The van der Waals surface area contributed by atoms with Gasteiger partial charge in [0, 0.05) is 11.3 Å². The van der Waals surface area contributed by atoms with Crippen LogP contribution in [0.4, 0.5) is 0 Å². The highest BCUT2D eigenvalue weighted by molar-refractivity contribution is 5.57. The number of aromatic nitrogens is 3. The Kier molecular flexibility index (Phi) is 2.61. The van der Waals surface area contributed by atoms with E-state index in [0.29, 0.717) is 11.7 Å². The number of nitrogens with zero attached hydrogens (tertiary/aromatic N) is 3. The molecule has 88 valence electrons. The molecule has 0 bridgehead atoms. The minimum Gasteiger partial charge on any atom is -0.334 e. The number of pyridine rings is 1. The molecule has 0 fully saturated rings. The Morgan fingerprint density at radius 2 is 1.72 bits per heavy atom. The SMILES string of the molecule is Cc1cccc(-c2noc(-c3ccccc3)n2)n1. The van der Waals surface area contributed by atoms with E-state index in [0.717, 1.165) is 17.0 Å². The fourth-order valence-corrected chi connectivity index (χ4v) is 1.69. The van der Waals surface area contributed by atoms with Gasteiger partial charge in [-0.1, -0.05) is 29.4 Å². The summed E-state index contributed by atoms with van der Waals surface area (Å²) in [6.45, 7) is 1.93. The second-order valence-electron chi connectivity index (χ2n) is 3.95. The molecule has 0 radical (unpaired) electrons. The lowest BCUT2D eigenvalue weighted by Crippen LogP contribution is -1.87. The Hall–Kier alpha value is -2.49. The lowest BCUT2D eigenvalue weighted by atomic mass is 10.2. The summed E-state index contributed by atoms with van der Waals surface area (Å²) in [6.07, 6.45) is 0. The van der Waals surface area contributed by atoms with Gasteiger partial charge in [-0.3, -0.25) is 0 Å². The zero-order chi connectivity index (χ0) is 12.4. The van der Waals surface area contributed by atoms with Crippen LogP contribution < -0.4 is 0 Å². The average molecular weight is 237 g/mol. The van der Waals surface area contributed by atoms with E-state index in [2.05, 4.69) is 15.1 Å². The fraction of sp³-hybridized carbons (Fsp3) is 0.0714. The molecule has 0 aliphatic rings. The zero-order valence-corrected chi connectivity index (χ0v) is 9.87. The summed E-state index contributed by atoms with van der Waals surface area (Å²) in [7, 11) is 0. The first-order valence-corrected chi connectivity index (χ1v) is 5.66. The van der Waals surface area contributed by atoms with E-state index in [4.69, 9.17) is 4.52 Å². The van der Waals surface area contributed by atoms with Crippen molar-refractivity contribution >= 4 is 0 Å². The third-order valence-electron chi connectivity index (χ3n) is 2.56. The number of rotatable bonds is 2. The fourth-order valence-electron chi connectivity index (χ4n) is 1.69. The summed E-state index contributed by atoms with van der Waals surface area (Å²) in [5.74, 6) is 1.02. The molecule has 0 N–H and O–H groups in total. The monoisotopic (exact) mass is 237 g/mol. The van der Waals surface area contributed by atoms with Crippen LogP contribution in [0, 0.1) is 6.92 Å². The molecule has 0 aliphatic heterocycles. The third-order valence-corrected chi connectivity index (χ3v) is 2.56. The third kappa shape index (κ3) is 2.00. The van der Waals surface area contributed by atoms with Gasteiger partial charge in [0.05, 0.1) is 0 Å². The van der Waals surface area contributed by atoms with Gasteiger partial charge in [0.15, 0.2) is 0 Å². The summed E-state index contributed by atoms with van der Waals surface area (Å²) in [5.41, 5.74) is 2.56. The largest absolute Gasteiger partial charge is 0.334 e. The maximum absolute atomic E-state index is 5.24. The van der Waals surface area contributed by atoms with Crippen LogP contribution in [-0.2, 0) is 0 Å². The van der Waals surface area contributed by atoms with Crippen LogP contribution in [0.1, 0.15) is 5.69 Å². The van der Waals surface area contributed by atoms with Crippen molar-refractivity contribution in [3.8, 4) is 23.0 Å². The molecule has 0 amide bonds. The molecule has 1 aromatic carbocycles. The molecule has 0 saturated heterocycles. The molecule has 2 aromatic heterocycles. The smallest absolute Gasteiger partial charge is 0.258 e. The Morgan fingerprint density at radius 1 is 0.889 bits per heavy atom. The minimum absolute atomic E-state index is 0.508. The van der Waals surface area contributed by atoms with Gasteiger partial charge in [0.2, 0.25) is 5.82 Å². The van der Waals surface area contributed by atoms with E-state index in [1.54, 1.807) is 0 Å². The molecule has 0 aliphatic carbocycles. The van der Waals surface area contributed by atoms with Crippen molar-refractivity contribution in [3.63, 3.8) is 0 Å². The second-order valence-corrected chi connectivity index (χ2v) is 3.95. The molecule has 0 spiro atoms. The maximum Gasteiger partial charge on any atom is 0.258 e. The lowest BCUT2D eigenvalue weighted by molar-refractivity contribution is 0.432. The Bertz CT molecular complexity index is 662. The number of hydrogen-bond donors (Lipinski definition) is 0. The summed E-state index contributed by atoms with van der Waals surface area (Å²) >= 11 is 0. The van der Waals surface area contributed by atoms with Gasteiger partial charge < -0.3 is 4.52 Å². The number of hydrogen-bond acceptors (Lipinski definition) is 4. The lowest BCUT2D eigenvalue weighted by Gasteiger charge is -1.94. The van der Waals surface area contributed by atoms with Crippen molar-refractivity contribution < 1.29 is 4.52 Å². The highest BCUT2D eigenvalue weighted by atomic mass is 16.5. The second kappa shape index (κ2) is 4.41. The van der Waals surface area contributed by atoms with Crippen LogP contribution in [0.2, 0.25) is 0 Å². The first-order chi connectivity index (χ1) is 8.83. The van der Waals surface area contributed by atoms with Gasteiger partial charge in [-0.25, -0.2) is 4.98 Å². The molecule has 0 saturated carbocycles. The summed E-state index contributed by atoms with van der Waals surface area (Å²) in [4.78, 5) is 8.72. The van der Waals surface area contributed by atoms with Gasteiger partial charge in [-0.05, 0) is 31.2 Å². The quantitative estimate of drug-likeness (QED) is 0.687. The molecular formula is C14H11N3O. The predicted octanol–water partition coefficient (Wildman–Crippen LogP) is 3.11. The van der Waals surface area contributed by atoms with E-state index in [1.807, 2.05) is 55.5 Å². The molecule has 2 heterocycles. The Balaban J connectivity index is 2.00. The van der Waals surface area contributed by atoms with Gasteiger partial charge in [-0.15, -0.1) is 0 Å². The Morgan fingerprint density at radius 3 is 2.50 bits per heavy atom. The Labute approximate surface area is 104 Å². The van der Waals surface area contributed by atoms with Crippen molar-refractivity contribution in [3.05, 3.63) is 54.2 Å². The molecule has 4 heteroatoms. The maximum atomic E-state index is 5.24. The number of benzene rings is 1. The standard InChI is InChI=1S/C14H11N3O/c1-10-6-5-9-12(15-10)13-16-14(18-17-13)11-7-3-2-4-8-11/h2-9H,1H3. The first-order valence-electron chi connectivity index (χ1n) is 5.66. The molecule has 3 aromatic rings. The number of aryl methyl sites for hydroxylation is 1. The first kappa shape index (κ1) is 10.7. The van der Waals surface area contributed by atoms with E-state index in [-0.39, 0.29) is 0 Å². The van der Waals surface area contributed by atoms with Crippen LogP contribution in [0.25, 0.3) is 23.0 Å². The van der Waals surface area contributed by atoms with E-state index in [1.165, 1.54) is 0 Å². The molecule has 4 nitrogen and oxygen atoms in total. The summed E-state index contributed by atoms with van der Waals surface area (Å²) in [6, 6.07) is 15.4. The van der Waals surface area contributed by atoms with E-state index >= 15 is 0 Å². The van der Waals surface area contributed by atoms with Crippen molar-refractivity contribution in [2.75, 3.05) is 0 Å². The van der Waals surface area contributed by atoms with Crippen molar-refractivity contribution in [2.45, 2.75) is 6.92 Å². The predicted molar refractivity (Wildman–Crippen MR) is 67.7 cm³/mol. The normalized spacial score (nSPS) is 10.5. The highest BCUT2D eigenvalue weighted by Crippen LogP contribution is 2.20.